The number of unbranched alkanes of at least 4 members (excludes halogenated alkanes) is 4. The van der Waals surface area contributed by atoms with E-state index in [1.807, 2.05) is 6.07 Å². The van der Waals surface area contributed by atoms with E-state index in [0.29, 0.717) is 12.3 Å². The molecule has 2 heteroatoms. The number of ether oxygens (including phenoxy) is 1. The number of benzene rings is 2. The van der Waals surface area contributed by atoms with E-state index in [9.17, 15) is 4.39 Å². The van der Waals surface area contributed by atoms with Crippen LogP contribution in [0.25, 0.3) is 0 Å². The molecule has 168 valence electrons. The summed E-state index contributed by atoms with van der Waals surface area (Å²) in [7, 11) is 0. The van der Waals surface area contributed by atoms with E-state index in [-0.39, 0.29) is 6.67 Å². The van der Waals surface area contributed by atoms with Crippen LogP contribution in [0, 0.1) is 0 Å². The van der Waals surface area contributed by atoms with E-state index in [4.69, 9.17) is 4.74 Å². The van der Waals surface area contributed by atoms with Crippen molar-refractivity contribution in [2.75, 3.05) is 19.9 Å². The molecule has 2 aromatic carbocycles. The Balaban J connectivity index is 0.000000311. The molecule has 0 aliphatic carbocycles. The lowest BCUT2D eigenvalue weighted by Crippen LogP contribution is -2.05. The molecular weight excluding hydrogens is 371 g/mol. The number of aryl methyl sites for hydroxylation is 2. The van der Waals surface area contributed by atoms with Crippen molar-refractivity contribution in [2.24, 2.45) is 0 Å². The molecule has 0 aliphatic heterocycles. The summed E-state index contributed by atoms with van der Waals surface area (Å²) in [6.45, 7) is 8.20. The second kappa shape index (κ2) is 18.1. The number of halogens is 1. The van der Waals surface area contributed by atoms with E-state index < -0.39 is 0 Å². The van der Waals surface area contributed by atoms with Gasteiger partial charge in [-0.05, 0) is 42.4 Å². The Bertz CT molecular complexity index is 626. The van der Waals surface area contributed by atoms with Gasteiger partial charge in [0.25, 0.3) is 0 Å². The number of hydrogen-bond donors (Lipinski definition) is 0. The summed E-state index contributed by atoms with van der Waals surface area (Å²) < 4.78 is 17.7. The lowest BCUT2D eigenvalue weighted by molar-refractivity contribution is 0.119. The standard InChI is InChI=1S/C16H26O.C12H17F/c1-3-4-5-6-10-13-17-14-15(2)16-11-8-7-9-12-16;1-2-6-11-7-3-4-8-12(11)9-5-10-13/h7-9,11-12,15H,3-6,10,13-14H2,1-2H3;3-4,7-8H,2,5-6,9-10H2,1H3. The molecule has 2 rings (SSSR count). The molecule has 0 N–H and O–H groups in total. The van der Waals surface area contributed by atoms with Gasteiger partial charge < -0.3 is 4.74 Å². The van der Waals surface area contributed by atoms with Gasteiger partial charge in [-0.3, -0.25) is 4.39 Å². The summed E-state index contributed by atoms with van der Waals surface area (Å²) in [5.41, 5.74) is 4.08. The van der Waals surface area contributed by atoms with Gasteiger partial charge in [0.2, 0.25) is 0 Å². The van der Waals surface area contributed by atoms with Crippen molar-refractivity contribution in [3.63, 3.8) is 0 Å². The summed E-state index contributed by atoms with van der Waals surface area (Å²) in [5.74, 6) is 0.506. The van der Waals surface area contributed by atoms with Crippen molar-refractivity contribution in [3.05, 3.63) is 71.3 Å². The number of hydrogen-bond acceptors (Lipinski definition) is 1. The maximum Gasteiger partial charge on any atom is 0.0897 e. The minimum absolute atomic E-state index is 0.208. The summed E-state index contributed by atoms with van der Waals surface area (Å²) >= 11 is 0. The first-order chi connectivity index (χ1) is 14.7. The average Bonchev–Trinajstić information content (AvgIpc) is 2.79. The Morgan fingerprint density at radius 3 is 2.00 bits per heavy atom. The molecule has 2 aromatic rings. The van der Waals surface area contributed by atoms with Crippen molar-refractivity contribution in [1.82, 2.24) is 0 Å². The van der Waals surface area contributed by atoms with Gasteiger partial charge in [0.1, 0.15) is 0 Å². The van der Waals surface area contributed by atoms with Crippen LogP contribution in [-0.4, -0.2) is 19.9 Å². The van der Waals surface area contributed by atoms with E-state index in [1.165, 1.54) is 48.8 Å². The van der Waals surface area contributed by atoms with Crippen molar-refractivity contribution in [3.8, 4) is 0 Å². The van der Waals surface area contributed by atoms with Crippen LogP contribution in [0.1, 0.15) is 88.3 Å². The Hall–Kier alpha value is -1.67. The van der Waals surface area contributed by atoms with Gasteiger partial charge in [0, 0.05) is 12.5 Å². The Kier molecular flexibility index (Phi) is 15.9. The van der Waals surface area contributed by atoms with Crippen LogP contribution in [0.5, 0.6) is 0 Å². The maximum absolute atomic E-state index is 12.0. The first-order valence-corrected chi connectivity index (χ1v) is 12.0. The smallest absolute Gasteiger partial charge is 0.0897 e. The second-order valence-corrected chi connectivity index (χ2v) is 8.11. The lowest BCUT2D eigenvalue weighted by Gasteiger charge is -2.12. The zero-order valence-corrected chi connectivity index (χ0v) is 19.5. The summed E-state index contributed by atoms with van der Waals surface area (Å²) in [4.78, 5) is 0. The molecule has 1 unspecified atom stereocenters. The quantitative estimate of drug-likeness (QED) is 0.282. The Morgan fingerprint density at radius 1 is 0.733 bits per heavy atom. The minimum atomic E-state index is -0.208. The third-order valence-electron chi connectivity index (χ3n) is 5.35. The van der Waals surface area contributed by atoms with Gasteiger partial charge in [-0.1, -0.05) is 107 Å². The molecule has 0 aromatic heterocycles. The topological polar surface area (TPSA) is 9.23 Å². The molecule has 1 atom stereocenters. The third-order valence-corrected chi connectivity index (χ3v) is 5.35. The zero-order chi connectivity index (χ0) is 21.9. The number of rotatable bonds is 14. The third kappa shape index (κ3) is 12.1. The SMILES string of the molecule is CCCCCCCOCC(C)c1ccccc1.CCCc1ccccc1CCCF. The molecule has 0 spiro atoms. The zero-order valence-electron chi connectivity index (χ0n) is 19.5. The van der Waals surface area contributed by atoms with Crippen LogP contribution in [0.4, 0.5) is 4.39 Å². The van der Waals surface area contributed by atoms with Crippen LogP contribution >= 0.6 is 0 Å². The fraction of sp³-hybridized carbons (Fsp3) is 0.571. The summed E-state index contributed by atoms with van der Waals surface area (Å²) in [5, 5.41) is 0. The van der Waals surface area contributed by atoms with Crippen molar-refractivity contribution >= 4 is 0 Å². The largest absolute Gasteiger partial charge is 0.381 e. The van der Waals surface area contributed by atoms with Gasteiger partial charge >= 0.3 is 0 Å². The highest BCUT2D eigenvalue weighted by Crippen LogP contribution is 2.15. The van der Waals surface area contributed by atoms with Gasteiger partial charge in [-0.2, -0.15) is 0 Å². The molecule has 0 amide bonds. The lowest BCUT2D eigenvalue weighted by atomic mass is 10.00. The van der Waals surface area contributed by atoms with Gasteiger partial charge in [0.05, 0.1) is 13.3 Å². The Morgan fingerprint density at radius 2 is 1.37 bits per heavy atom. The molecule has 0 bridgehead atoms. The van der Waals surface area contributed by atoms with Gasteiger partial charge in [0.15, 0.2) is 0 Å². The predicted octanol–water partition coefficient (Wildman–Crippen LogP) is 8.32. The normalized spacial score (nSPS) is 11.6. The van der Waals surface area contributed by atoms with Crippen molar-refractivity contribution in [1.29, 1.82) is 0 Å². The fourth-order valence-corrected chi connectivity index (χ4v) is 3.52. The van der Waals surface area contributed by atoms with Crippen LogP contribution in [0.15, 0.2) is 54.6 Å². The van der Waals surface area contributed by atoms with Crippen molar-refractivity contribution < 1.29 is 9.13 Å². The summed E-state index contributed by atoms with van der Waals surface area (Å²) in [6.07, 6.45) is 10.4. The fourth-order valence-electron chi connectivity index (χ4n) is 3.52. The molecule has 1 nitrogen and oxygen atoms in total. The maximum atomic E-state index is 12.0. The molecule has 0 heterocycles. The first kappa shape index (κ1) is 26.4. The van der Waals surface area contributed by atoms with E-state index in [0.717, 1.165) is 32.5 Å². The second-order valence-electron chi connectivity index (χ2n) is 8.11. The predicted molar refractivity (Wildman–Crippen MR) is 129 cm³/mol. The minimum Gasteiger partial charge on any atom is -0.381 e. The highest BCUT2D eigenvalue weighted by molar-refractivity contribution is 5.27. The highest BCUT2D eigenvalue weighted by atomic mass is 19.1. The van der Waals surface area contributed by atoms with E-state index in [2.05, 4.69) is 69.3 Å². The van der Waals surface area contributed by atoms with Crippen LogP contribution < -0.4 is 0 Å². The summed E-state index contributed by atoms with van der Waals surface area (Å²) in [6, 6.07) is 19.0. The Labute approximate surface area is 185 Å². The highest BCUT2D eigenvalue weighted by Gasteiger charge is 2.04. The van der Waals surface area contributed by atoms with Gasteiger partial charge in [-0.15, -0.1) is 0 Å². The first-order valence-electron chi connectivity index (χ1n) is 12.0. The molecule has 0 saturated heterocycles. The van der Waals surface area contributed by atoms with E-state index in [1.54, 1.807) is 0 Å². The molecule has 30 heavy (non-hydrogen) atoms. The van der Waals surface area contributed by atoms with Crippen LogP contribution in [0.2, 0.25) is 0 Å². The van der Waals surface area contributed by atoms with E-state index >= 15 is 0 Å². The van der Waals surface area contributed by atoms with Crippen LogP contribution in [-0.2, 0) is 17.6 Å². The number of alkyl halides is 1. The van der Waals surface area contributed by atoms with Crippen molar-refractivity contribution in [2.45, 2.75) is 84.5 Å². The average molecular weight is 415 g/mol. The monoisotopic (exact) mass is 414 g/mol. The molecule has 0 radical (unpaired) electrons. The molecular formula is C28H43FO. The molecule has 0 fully saturated rings. The molecule has 0 aliphatic rings. The van der Waals surface area contributed by atoms with Gasteiger partial charge in [-0.25, -0.2) is 0 Å². The molecule has 0 saturated carbocycles. The van der Waals surface area contributed by atoms with Crippen LogP contribution in [0.3, 0.4) is 0 Å².